The SMILES string of the molecule is COc1ccc([C@H]2C=C(c3ccc4ccccc4c3)NN2C(=O)COn2nnc3ccc(Cl)cc32)cc1. The molecule has 9 heteroatoms. The Balaban J connectivity index is 1.29. The average Bonchev–Trinajstić information content (AvgIpc) is 3.56. The molecule has 1 aliphatic rings. The summed E-state index contributed by atoms with van der Waals surface area (Å²) in [5.74, 6) is 0.463. The molecule has 37 heavy (non-hydrogen) atoms. The quantitative estimate of drug-likeness (QED) is 0.352. The zero-order valence-corrected chi connectivity index (χ0v) is 20.6. The van der Waals surface area contributed by atoms with E-state index in [1.54, 1.807) is 30.3 Å². The van der Waals surface area contributed by atoms with E-state index < -0.39 is 0 Å². The van der Waals surface area contributed by atoms with Crippen LogP contribution in [0.1, 0.15) is 17.2 Å². The summed E-state index contributed by atoms with van der Waals surface area (Å²) in [6.07, 6.45) is 2.04. The highest BCUT2D eigenvalue weighted by Gasteiger charge is 2.31. The molecule has 2 heterocycles. The predicted molar refractivity (Wildman–Crippen MR) is 142 cm³/mol. The van der Waals surface area contributed by atoms with Crippen LogP contribution in [0.25, 0.3) is 27.5 Å². The molecule has 1 aliphatic heterocycles. The molecule has 0 aliphatic carbocycles. The Morgan fingerprint density at radius 2 is 1.81 bits per heavy atom. The highest BCUT2D eigenvalue weighted by molar-refractivity contribution is 6.31. The van der Waals surface area contributed by atoms with E-state index in [4.69, 9.17) is 21.2 Å². The van der Waals surface area contributed by atoms with Gasteiger partial charge in [-0.1, -0.05) is 65.0 Å². The Morgan fingerprint density at radius 3 is 2.62 bits per heavy atom. The zero-order valence-electron chi connectivity index (χ0n) is 19.8. The molecule has 0 saturated heterocycles. The molecule has 0 spiro atoms. The number of rotatable bonds is 6. The van der Waals surface area contributed by atoms with E-state index in [0.717, 1.165) is 33.3 Å². The van der Waals surface area contributed by atoms with Crippen molar-refractivity contribution in [1.29, 1.82) is 0 Å². The number of fused-ring (bicyclic) bond motifs is 2. The third-order valence-corrected chi connectivity index (χ3v) is 6.55. The Labute approximate surface area is 217 Å². The fourth-order valence-corrected chi connectivity index (χ4v) is 4.57. The summed E-state index contributed by atoms with van der Waals surface area (Å²) in [6.45, 7) is -0.260. The summed E-state index contributed by atoms with van der Waals surface area (Å²) in [5, 5.41) is 12.4. The van der Waals surface area contributed by atoms with Crippen molar-refractivity contribution in [3.63, 3.8) is 0 Å². The monoisotopic (exact) mass is 511 g/mol. The summed E-state index contributed by atoms with van der Waals surface area (Å²) >= 11 is 6.11. The summed E-state index contributed by atoms with van der Waals surface area (Å²) in [7, 11) is 1.62. The van der Waals surface area contributed by atoms with Gasteiger partial charge in [-0.2, -0.15) is 0 Å². The summed E-state index contributed by atoms with van der Waals surface area (Å²) < 4.78 is 5.30. The molecule has 184 valence electrons. The van der Waals surface area contributed by atoms with Gasteiger partial charge in [-0.05, 0) is 69.6 Å². The lowest BCUT2D eigenvalue weighted by Crippen LogP contribution is -2.43. The molecule has 8 nitrogen and oxygen atoms in total. The largest absolute Gasteiger partial charge is 0.497 e. The van der Waals surface area contributed by atoms with E-state index in [1.165, 1.54) is 4.85 Å². The maximum Gasteiger partial charge on any atom is 0.282 e. The fraction of sp³-hybridized carbons (Fsp3) is 0.107. The number of aromatic nitrogens is 3. The summed E-state index contributed by atoms with van der Waals surface area (Å²) in [4.78, 5) is 20.4. The standard InChI is InChI=1S/C28H22ClN5O3/c1-36-23-11-8-19(9-12-23)26-16-25(21-7-6-18-4-2-3-5-20(18)14-21)31-33(26)28(35)17-37-34-27-15-22(29)10-13-24(27)30-32-34/h2-16,26,31H,17H2,1H3/t26-/m1/s1. The van der Waals surface area contributed by atoms with E-state index in [9.17, 15) is 4.79 Å². The van der Waals surface area contributed by atoms with Crippen molar-refractivity contribution in [3.8, 4) is 5.75 Å². The molecule has 1 N–H and O–H groups in total. The van der Waals surface area contributed by atoms with Crippen molar-refractivity contribution in [2.24, 2.45) is 0 Å². The van der Waals surface area contributed by atoms with E-state index in [-0.39, 0.29) is 18.6 Å². The third kappa shape index (κ3) is 4.43. The lowest BCUT2D eigenvalue weighted by molar-refractivity contribution is -0.140. The number of hydrogen-bond acceptors (Lipinski definition) is 6. The molecule has 0 unspecified atom stereocenters. The number of nitrogens with one attached hydrogen (secondary N) is 1. The van der Waals surface area contributed by atoms with Crippen LogP contribution >= 0.6 is 11.6 Å². The van der Waals surface area contributed by atoms with E-state index in [1.807, 2.05) is 48.5 Å². The molecule has 0 fully saturated rings. The fourth-order valence-electron chi connectivity index (χ4n) is 4.40. The van der Waals surface area contributed by atoms with Crippen molar-refractivity contribution < 1.29 is 14.4 Å². The summed E-state index contributed by atoms with van der Waals surface area (Å²) in [6, 6.07) is 26.8. The lowest BCUT2D eigenvalue weighted by atomic mass is 10.0. The van der Waals surface area contributed by atoms with Crippen LogP contribution in [0.3, 0.4) is 0 Å². The minimum atomic E-state index is -0.356. The molecule has 5 aromatic rings. The van der Waals surface area contributed by atoms with Gasteiger partial charge in [0.05, 0.1) is 18.8 Å². The third-order valence-electron chi connectivity index (χ3n) is 6.32. The average molecular weight is 512 g/mol. The molecule has 1 atom stereocenters. The van der Waals surface area contributed by atoms with Gasteiger partial charge in [-0.25, -0.2) is 5.01 Å². The first-order chi connectivity index (χ1) is 18.1. The van der Waals surface area contributed by atoms with Gasteiger partial charge in [0.15, 0.2) is 6.61 Å². The number of benzene rings is 4. The van der Waals surface area contributed by atoms with Gasteiger partial charge in [0.1, 0.15) is 16.8 Å². The van der Waals surface area contributed by atoms with Crippen molar-refractivity contribution in [1.82, 2.24) is 25.6 Å². The topological polar surface area (TPSA) is 81.5 Å². The first-order valence-corrected chi connectivity index (χ1v) is 12.0. The second-order valence-corrected chi connectivity index (χ2v) is 9.04. The van der Waals surface area contributed by atoms with Crippen LogP contribution in [0.5, 0.6) is 5.75 Å². The van der Waals surface area contributed by atoms with Gasteiger partial charge in [-0.15, -0.1) is 5.10 Å². The van der Waals surface area contributed by atoms with Crippen LogP contribution in [0, 0.1) is 0 Å². The van der Waals surface area contributed by atoms with Gasteiger partial charge in [0.2, 0.25) is 0 Å². The first kappa shape index (κ1) is 22.9. The van der Waals surface area contributed by atoms with Crippen molar-refractivity contribution in [2.75, 3.05) is 13.7 Å². The molecule has 0 bridgehead atoms. The molecule has 0 radical (unpaired) electrons. The van der Waals surface area contributed by atoms with Crippen LogP contribution in [-0.2, 0) is 4.79 Å². The Bertz CT molecular complexity index is 1650. The minimum absolute atomic E-state index is 0.260. The summed E-state index contributed by atoms with van der Waals surface area (Å²) in [5.41, 5.74) is 7.23. The molecule has 0 saturated carbocycles. The zero-order chi connectivity index (χ0) is 25.4. The van der Waals surface area contributed by atoms with Gasteiger partial charge in [0, 0.05) is 5.02 Å². The van der Waals surface area contributed by atoms with Gasteiger partial charge >= 0.3 is 0 Å². The smallest absolute Gasteiger partial charge is 0.282 e. The molecular formula is C28H22ClN5O3. The second-order valence-electron chi connectivity index (χ2n) is 8.60. The Kier molecular flexibility index (Phi) is 5.86. The molecule has 6 rings (SSSR count). The first-order valence-electron chi connectivity index (χ1n) is 11.7. The van der Waals surface area contributed by atoms with E-state index in [0.29, 0.717) is 16.1 Å². The maximum atomic E-state index is 13.4. The number of carbonyl (C=O) groups is 1. The van der Waals surface area contributed by atoms with Gasteiger partial charge < -0.3 is 9.57 Å². The van der Waals surface area contributed by atoms with E-state index in [2.05, 4.69) is 40.0 Å². The Hall–Kier alpha value is -4.56. The highest BCUT2D eigenvalue weighted by atomic mass is 35.5. The number of ether oxygens (including phenoxy) is 1. The number of halogens is 1. The number of methoxy groups -OCH3 is 1. The number of nitrogens with zero attached hydrogens (tertiary/aromatic N) is 4. The van der Waals surface area contributed by atoms with Crippen LogP contribution in [0.2, 0.25) is 5.02 Å². The van der Waals surface area contributed by atoms with Crippen molar-refractivity contribution >= 4 is 45.0 Å². The lowest BCUT2D eigenvalue weighted by Gasteiger charge is -2.25. The minimum Gasteiger partial charge on any atom is -0.497 e. The van der Waals surface area contributed by atoms with Crippen LogP contribution < -0.4 is 15.0 Å². The molecular weight excluding hydrogens is 490 g/mol. The number of hydrogen-bond donors (Lipinski definition) is 1. The van der Waals surface area contributed by atoms with Gasteiger partial charge in [0.25, 0.3) is 5.91 Å². The highest BCUT2D eigenvalue weighted by Crippen LogP contribution is 2.33. The van der Waals surface area contributed by atoms with Crippen LogP contribution in [0.4, 0.5) is 0 Å². The van der Waals surface area contributed by atoms with Crippen molar-refractivity contribution in [3.05, 3.63) is 107 Å². The predicted octanol–water partition coefficient (Wildman–Crippen LogP) is 4.80. The maximum absolute atomic E-state index is 13.4. The van der Waals surface area contributed by atoms with Crippen LogP contribution in [-0.4, -0.2) is 39.8 Å². The van der Waals surface area contributed by atoms with E-state index >= 15 is 0 Å². The second kappa shape index (κ2) is 9.48. The number of amides is 1. The van der Waals surface area contributed by atoms with Gasteiger partial charge in [-0.3, -0.25) is 10.2 Å². The molecule has 4 aromatic carbocycles. The molecule has 1 amide bonds. The normalized spacial score (nSPS) is 15.0. The number of hydrazine groups is 1. The Morgan fingerprint density at radius 1 is 1.00 bits per heavy atom. The van der Waals surface area contributed by atoms with Crippen LogP contribution in [0.15, 0.2) is 91.0 Å². The number of carbonyl (C=O) groups excluding carboxylic acids is 1. The molecule has 1 aromatic heterocycles. The van der Waals surface area contributed by atoms with Crippen molar-refractivity contribution in [2.45, 2.75) is 6.04 Å².